The predicted octanol–water partition coefficient (Wildman–Crippen LogP) is -0.438. The molecule has 0 aliphatic rings. The van der Waals surface area contributed by atoms with Crippen LogP contribution in [-0.4, -0.2) is 52.7 Å². The van der Waals surface area contributed by atoms with Crippen molar-refractivity contribution >= 4 is 11.9 Å². The number of nitrogens with zero attached hydrogens (tertiary/aromatic N) is 3. The summed E-state index contributed by atoms with van der Waals surface area (Å²) in [7, 11) is 3.21. The fourth-order valence-corrected chi connectivity index (χ4v) is 1.22. The Morgan fingerprint density at radius 3 is 2.61 bits per heavy atom. The van der Waals surface area contributed by atoms with Gasteiger partial charge >= 0.3 is 6.03 Å². The van der Waals surface area contributed by atoms with Crippen molar-refractivity contribution in [2.45, 2.75) is 19.9 Å². The standard InChI is InChI=1S/C10H18N6O2/c1-6(9-13-7(2)14-15-9)12-8(17)5-11-10(18)16(3)4/h6H,5H2,1-4H3,(H,11,18)(H,12,17)(H,13,14,15). The third-order valence-electron chi connectivity index (χ3n) is 2.19. The zero-order chi connectivity index (χ0) is 13.7. The van der Waals surface area contributed by atoms with Gasteiger partial charge in [-0.1, -0.05) is 0 Å². The van der Waals surface area contributed by atoms with Crippen LogP contribution in [-0.2, 0) is 4.79 Å². The Balaban J connectivity index is 2.38. The maximum Gasteiger partial charge on any atom is 0.317 e. The average molecular weight is 254 g/mol. The Labute approximate surface area is 105 Å². The Kier molecular flexibility index (Phi) is 4.64. The van der Waals surface area contributed by atoms with Crippen LogP contribution in [0.1, 0.15) is 24.6 Å². The van der Waals surface area contributed by atoms with E-state index in [1.165, 1.54) is 4.90 Å². The Morgan fingerprint density at radius 2 is 2.11 bits per heavy atom. The second kappa shape index (κ2) is 5.99. The van der Waals surface area contributed by atoms with Crippen molar-refractivity contribution in [2.24, 2.45) is 0 Å². The molecule has 1 aromatic rings. The van der Waals surface area contributed by atoms with Crippen molar-refractivity contribution in [2.75, 3.05) is 20.6 Å². The number of urea groups is 1. The summed E-state index contributed by atoms with van der Waals surface area (Å²) in [6, 6.07) is -0.620. The number of aryl methyl sites for hydroxylation is 1. The molecule has 1 heterocycles. The molecule has 0 aromatic carbocycles. The number of hydrogen-bond donors (Lipinski definition) is 3. The molecule has 1 atom stereocenters. The summed E-state index contributed by atoms with van der Waals surface area (Å²) in [4.78, 5) is 28.2. The van der Waals surface area contributed by atoms with Gasteiger partial charge in [0.1, 0.15) is 5.82 Å². The number of carbonyl (C=O) groups is 2. The van der Waals surface area contributed by atoms with Gasteiger partial charge in [0, 0.05) is 14.1 Å². The molecule has 0 aliphatic heterocycles. The van der Waals surface area contributed by atoms with Gasteiger partial charge in [0.05, 0.1) is 12.6 Å². The molecule has 0 bridgehead atoms. The number of aromatic amines is 1. The van der Waals surface area contributed by atoms with Crippen LogP contribution in [0.5, 0.6) is 0 Å². The van der Waals surface area contributed by atoms with Gasteiger partial charge in [0.2, 0.25) is 5.91 Å². The molecule has 3 N–H and O–H groups in total. The summed E-state index contributed by atoms with van der Waals surface area (Å²) in [5.41, 5.74) is 0. The molecular formula is C10H18N6O2. The van der Waals surface area contributed by atoms with Gasteiger partial charge in [-0.15, -0.1) is 0 Å². The largest absolute Gasteiger partial charge is 0.345 e. The summed E-state index contributed by atoms with van der Waals surface area (Å²) in [6.45, 7) is 3.47. The van der Waals surface area contributed by atoms with Crippen molar-refractivity contribution in [3.8, 4) is 0 Å². The summed E-state index contributed by atoms with van der Waals surface area (Å²) in [5, 5.41) is 11.8. The zero-order valence-electron chi connectivity index (χ0n) is 10.9. The van der Waals surface area contributed by atoms with Gasteiger partial charge in [0.15, 0.2) is 5.82 Å². The van der Waals surface area contributed by atoms with Crippen molar-refractivity contribution < 1.29 is 9.59 Å². The van der Waals surface area contributed by atoms with Crippen LogP contribution >= 0.6 is 0 Å². The minimum Gasteiger partial charge on any atom is -0.345 e. The quantitative estimate of drug-likeness (QED) is 0.677. The zero-order valence-corrected chi connectivity index (χ0v) is 10.9. The van der Waals surface area contributed by atoms with Gasteiger partial charge in [-0.3, -0.25) is 9.89 Å². The number of amides is 3. The monoisotopic (exact) mass is 254 g/mol. The maximum absolute atomic E-state index is 11.6. The van der Waals surface area contributed by atoms with E-state index in [0.29, 0.717) is 11.6 Å². The molecule has 0 saturated carbocycles. The highest BCUT2D eigenvalue weighted by Crippen LogP contribution is 2.04. The molecule has 3 amide bonds. The first-order valence-electron chi connectivity index (χ1n) is 5.53. The van der Waals surface area contributed by atoms with Crippen LogP contribution in [0.2, 0.25) is 0 Å². The Hall–Kier alpha value is -2.12. The van der Waals surface area contributed by atoms with Crippen LogP contribution in [0.4, 0.5) is 4.79 Å². The molecule has 0 spiro atoms. The summed E-state index contributed by atoms with van der Waals surface area (Å²) in [5.74, 6) is 0.909. The van der Waals surface area contributed by atoms with Crippen LogP contribution < -0.4 is 10.6 Å². The topological polar surface area (TPSA) is 103 Å². The lowest BCUT2D eigenvalue weighted by atomic mass is 10.3. The lowest BCUT2D eigenvalue weighted by Gasteiger charge is -2.13. The van der Waals surface area contributed by atoms with Crippen molar-refractivity contribution in [1.29, 1.82) is 0 Å². The van der Waals surface area contributed by atoms with Gasteiger partial charge in [-0.05, 0) is 13.8 Å². The molecule has 1 rings (SSSR count). The molecule has 8 heteroatoms. The molecule has 0 radical (unpaired) electrons. The number of nitrogens with one attached hydrogen (secondary N) is 3. The second-order valence-corrected chi connectivity index (χ2v) is 4.12. The number of rotatable bonds is 4. The smallest absolute Gasteiger partial charge is 0.317 e. The average Bonchev–Trinajstić information content (AvgIpc) is 2.72. The SMILES string of the molecule is Cc1nc(C(C)NC(=O)CNC(=O)N(C)C)n[nH]1. The lowest BCUT2D eigenvalue weighted by molar-refractivity contribution is -0.120. The predicted molar refractivity (Wildman–Crippen MR) is 64.8 cm³/mol. The van der Waals surface area contributed by atoms with E-state index < -0.39 is 0 Å². The highest BCUT2D eigenvalue weighted by Gasteiger charge is 2.14. The summed E-state index contributed by atoms with van der Waals surface area (Å²) >= 11 is 0. The van der Waals surface area contributed by atoms with E-state index in [4.69, 9.17) is 0 Å². The lowest BCUT2D eigenvalue weighted by Crippen LogP contribution is -2.42. The Bertz CT molecular complexity index is 428. The highest BCUT2D eigenvalue weighted by molar-refractivity contribution is 5.83. The second-order valence-electron chi connectivity index (χ2n) is 4.12. The molecule has 1 unspecified atom stereocenters. The van der Waals surface area contributed by atoms with E-state index in [1.807, 2.05) is 0 Å². The van der Waals surface area contributed by atoms with Gasteiger partial charge in [-0.2, -0.15) is 5.10 Å². The first-order chi connectivity index (χ1) is 8.40. The minimum absolute atomic E-state index is 0.0786. The van der Waals surface area contributed by atoms with Crippen LogP contribution in [0.3, 0.4) is 0 Å². The van der Waals surface area contributed by atoms with E-state index in [0.717, 1.165) is 0 Å². The molecule has 18 heavy (non-hydrogen) atoms. The van der Waals surface area contributed by atoms with Crippen molar-refractivity contribution in [3.63, 3.8) is 0 Å². The molecule has 0 saturated heterocycles. The minimum atomic E-state index is -0.313. The van der Waals surface area contributed by atoms with E-state index in [1.54, 1.807) is 27.9 Å². The summed E-state index contributed by atoms with van der Waals surface area (Å²) in [6.07, 6.45) is 0. The van der Waals surface area contributed by atoms with Crippen molar-refractivity contribution in [3.05, 3.63) is 11.6 Å². The van der Waals surface area contributed by atoms with Gasteiger partial charge < -0.3 is 15.5 Å². The molecule has 0 fully saturated rings. The third-order valence-corrected chi connectivity index (χ3v) is 2.19. The first kappa shape index (κ1) is 13.9. The van der Waals surface area contributed by atoms with E-state index in [-0.39, 0.29) is 24.5 Å². The van der Waals surface area contributed by atoms with Gasteiger partial charge in [-0.25, -0.2) is 9.78 Å². The molecule has 8 nitrogen and oxygen atoms in total. The molecule has 100 valence electrons. The highest BCUT2D eigenvalue weighted by atomic mass is 16.2. The van der Waals surface area contributed by atoms with E-state index >= 15 is 0 Å². The normalized spacial score (nSPS) is 11.8. The fraction of sp³-hybridized carbons (Fsp3) is 0.600. The van der Waals surface area contributed by atoms with Crippen LogP contribution in [0, 0.1) is 6.92 Å². The third kappa shape index (κ3) is 4.04. The Morgan fingerprint density at radius 1 is 1.44 bits per heavy atom. The van der Waals surface area contributed by atoms with Crippen LogP contribution in [0.25, 0.3) is 0 Å². The number of aromatic nitrogens is 3. The van der Waals surface area contributed by atoms with E-state index in [2.05, 4.69) is 25.8 Å². The first-order valence-corrected chi connectivity index (χ1v) is 5.53. The van der Waals surface area contributed by atoms with E-state index in [9.17, 15) is 9.59 Å². The van der Waals surface area contributed by atoms with Crippen LogP contribution in [0.15, 0.2) is 0 Å². The maximum atomic E-state index is 11.6. The molecule has 0 aliphatic carbocycles. The molecular weight excluding hydrogens is 236 g/mol. The van der Waals surface area contributed by atoms with Gasteiger partial charge in [0.25, 0.3) is 0 Å². The number of hydrogen-bond acceptors (Lipinski definition) is 4. The number of H-pyrrole nitrogens is 1. The van der Waals surface area contributed by atoms with Crippen molar-refractivity contribution in [1.82, 2.24) is 30.7 Å². The number of carbonyl (C=O) groups excluding carboxylic acids is 2. The fourth-order valence-electron chi connectivity index (χ4n) is 1.22. The summed E-state index contributed by atoms with van der Waals surface area (Å²) < 4.78 is 0. The molecule has 1 aromatic heterocycles.